The predicted molar refractivity (Wildman–Crippen MR) is 88.9 cm³/mol. The highest BCUT2D eigenvalue weighted by molar-refractivity contribution is 7.19. The summed E-state index contributed by atoms with van der Waals surface area (Å²) in [6, 6.07) is 5.67. The molecule has 0 radical (unpaired) electrons. The third-order valence-corrected chi connectivity index (χ3v) is 4.50. The predicted octanol–water partition coefficient (Wildman–Crippen LogP) is 3.60. The lowest BCUT2D eigenvalue weighted by atomic mass is 10.1. The molecule has 1 aromatic heterocycles. The third kappa shape index (κ3) is 3.82. The molecule has 2 nitrogen and oxygen atoms in total. The number of nitrogens with one attached hydrogen (secondary N) is 1. The zero-order chi connectivity index (χ0) is 15.4. The summed E-state index contributed by atoms with van der Waals surface area (Å²) >= 11 is 1.66. The van der Waals surface area contributed by atoms with E-state index in [1.54, 1.807) is 17.4 Å². The third-order valence-electron chi connectivity index (χ3n) is 3.31. The van der Waals surface area contributed by atoms with Gasteiger partial charge in [0.2, 0.25) is 0 Å². The maximum absolute atomic E-state index is 14.2. The van der Waals surface area contributed by atoms with Gasteiger partial charge >= 0.3 is 0 Å². The van der Waals surface area contributed by atoms with Crippen LogP contribution in [0.15, 0.2) is 18.2 Å². The molecule has 0 aliphatic heterocycles. The fraction of sp³-hybridized carbons (Fsp3) is 0.412. The number of rotatable bonds is 6. The first-order valence-corrected chi connectivity index (χ1v) is 7.88. The van der Waals surface area contributed by atoms with Crippen molar-refractivity contribution in [3.05, 3.63) is 34.5 Å². The van der Waals surface area contributed by atoms with Gasteiger partial charge in [0.15, 0.2) is 0 Å². The lowest BCUT2D eigenvalue weighted by Crippen LogP contribution is -2.23. The van der Waals surface area contributed by atoms with Gasteiger partial charge in [0.05, 0.1) is 6.54 Å². The van der Waals surface area contributed by atoms with E-state index in [1.807, 2.05) is 18.0 Å². The lowest BCUT2D eigenvalue weighted by molar-refractivity contribution is 0.369. The molecular formula is C17H21FN2S. The molecular weight excluding hydrogens is 283 g/mol. The lowest BCUT2D eigenvalue weighted by Gasteiger charge is -2.15. The molecule has 2 rings (SSSR count). The van der Waals surface area contributed by atoms with Gasteiger partial charge in [-0.05, 0) is 24.7 Å². The normalized spacial score (nSPS) is 11.5. The van der Waals surface area contributed by atoms with Crippen LogP contribution in [0.2, 0.25) is 0 Å². The second-order valence-corrected chi connectivity index (χ2v) is 6.67. The molecule has 0 bridgehead atoms. The molecule has 0 aliphatic rings. The smallest absolute Gasteiger partial charge is 0.132 e. The van der Waals surface area contributed by atoms with E-state index in [9.17, 15) is 4.39 Å². The minimum Gasteiger partial charge on any atom is -0.310 e. The Morgan fingerprint density at radius 3 is 2.86 bits per heavy atom. The molecule has 0 aliphatic carbocycles. The van der Waals surface area contributed by atoms with E-state index < -0.39 is 0 Å². The quantitative estimate of drug-likeness (QED) is 0.820. The van der Waals surface area contributed by atoms with Crippen molar-refractivity contribution in [1.29, 1.82) is 0 Å². The van der Waals surface area contributed by atoms with Crippen LogP contribution >= 0.6 is 11.3 Å². The summed E-state index contributed by atoms with van der Waals surface area (Å²) in [6.45, 7) is 6.20. The van der Waals surface area contributed by atoms with E-state index in [4.69, 9.17) is 6.42 Å². The molecule has 0 saturated heterocycles. The highest BCUT2D eigenvalue weighted by Gasteiger charge is 2.16. The number of thiophene rings is 1. The Kier molecular flexibility index (Phi) is 5.35. The Bertz CT molecular complexity index is 655. The number of halogens is 1. The van der Waals surface area contributed by atoms with Crippen molar-refractivity contribution in [1.82, 2.24) is 10.2 Å². The number of nitrogens with zero attached hydrogens (tertiary/aromatic N) is 1. The molecule has 0 fully saturated rings. The zero-order valence-electron chi connectivity index (χ0n) is 12.7. The fourth-order valence-electron chi connectivity index (χ4n) is 2.30. The average Bonchev–Trinajstić information content (AvgIpc) is 2.76. The van der Waals surface area contributed by atoms with E-state index >= 15 is 0 Å². The van der Waals surface area contributed by atoms with Crippen molar-refractivity contribution in [2.45, 2.75) is 33.0 Å². The van der Waals surface area contributed by atoms with Crippen LogP contribution in [0, 0.1) is 18.2 Å². The van der Waals surface area contributed by atoms with Crippen molar-refractivity contribution in [3.8, 4) is 12.3 Å². The Balaban J connectivity index is 2.41. The van der Waals surface area contributed by atoms with Gasteiger partial charge in [-0.15, -0.1) is 17.8 Å². The highest BCUT2D eigenvalue weighted by Crippen LogP contribution is 2.34. The second kappa shape index (κ2) is 7.04. The van der Waals surface area contributed by atoms with Crippen LogP contribution in [0.1, 0.15) is 24.3 Å². The van der Waals surface area contributed by atoms with Crippen LogP contribution in [0.4, 0.5) is 4.39 Å². The van der Waals surface area contributed by atoms with Crippen LogP contribution in [0.25, 0.3) is 10.1 Å². The Labute approximate surface area is 130 Å². The van der Waals surface area contributed by atoms with Gasteiger partial charge in [-0.3, -0.25) is 4.90 Å². The van der Waals surface area contributed by atoms with Gasteiger partial charge < -0.3 is 5.32 Å². The molecule has 0 saturated carbocycles. The second-order valence-electron chi connectivity index (χ2n) is 5.53. The summed E-state index contributed by atoms with van der Waals surface area (Å²) in [5.41, 5.74) is 1.05. The van der Waals surface area contributed by atoms with Crippen molar-refractivity contribution in [2.75, 3.05) is 13.6 Å². The van der Waals surface area contributed by atoms with Crippen LogP contribution in [-0.2, 0) is 13.1 Å². The van der Waals surface area contributed by atoms with Gasteiger partial charge in [0.25, 0.3) is 0 Å². The minimum atomic E-state index is -0.149. The maximum Gasteiger partial charge on any atom is 0.132 e. The zero-order valence-corrected chi connectivity index (χ0v) is 13.6. The monoisotopic (exact) mass is 304 g/mol. The molecule has 0 spiro atoms. The van der Waals surface area contributed by atoms with Gasteiger partial charge in [0.1, 0.15) is 5.82 Å². The SMILES string of the molecule is C#CCN(C)Cc1c(CNC(C)C)sc2cccc(F)c12. The first-order chi connectivity index (χ1) is 10.0. The van der Waals surface area contributed by atoms with Gasteiger partial charge in [-0.1, -0.05) is 25.8 Å². The van der Waals surface area contributed by atoms with Crippen LogP contribution in [0.3, 0.4) is 0 Å². The average molecular weight is 304 g/mol. The fourth-order valence-corrected chi connectivity index (χ4v) is 3.48. The number of hydrogen-bond donors (Lipinski definition) is 1. The van der Waals surface area contributed by atoms with Gasteiger partial charge in [0, 0.05) is 34.1 Å². The summed E-state index contributed by atoms with van der Waals surface area (Å²) < 4.78 is 15.2. The number of fused-ring (bicyclic) bond motifs is 1. The van der Waals surface area contributed by atoms with E-state index in [0.717, 1.165) is 22.2 Å². The molecule has 21 heavy (non-hydrogen) atoms. The molecule has 1 N–H and O–H groups in total. The summed E-state index contributed by atoms with van der Waals surface area (Å²) in [7, 11) is 1.96. The molecule has 112 valence electrons. The minimum absolute atomic E-state index is 0.149. The molecule has 2 aromatic rings. The van der Waals surface area contributed by atoms with Crippen molar-refractivity contribution < 1.29 is 4.39 Å². The standard InChI is InChI=1S/C17H21FN2S/c1-5-9-20(4)11-13-16(10-19-12(2)3)21-15-8-6-7-14(18)17(13)15/h1,6-8,12,19H,9-11H2,2-4H3. The topological polar surface area (TPSA) is 15.3 Å². The number of benzene rings is 1. The first kappa shape index (κ1) is 16.0. The Morgan fingerprint density at radius 2 is 2.19 bits per heavy atom. The van der Waals surface area contributed by atoms with E-state index in [2.05, 4.69) is 25.1 Å². The molecule has 0 unspecified atom stereocenters. The van der Waals surface area contributed by atoms with Crippen molar-refractivity contribution >= 4 is 21.4 Å². The molecule has 4 heteroatoms. The van der Waals surface area contributed by atoms with Crippen LogP contribution < -0.4 is 5.32 Å². The largest absolute Gasteiger partial charge is 0.310 e. The van der Waals surface area contributed by atoms with Crippen LogP contribution in [-0.4, -0.2) is 24.5 Å². The molecule has 1 aromatic carbocycles. The van der Waals surface area contributed by atoms with Gasteiger partial charge in [-0.25, -0.2) is 4.39 Å². The first-order valence-electron chi connectivity index (χ1n) is 7.07. The Morgan fingerprint density at radius 1 is 1.43 bits per heavy atom. The van der Waals surface area contributed by atoms with Crippen molar-refractivity contribution in [2.24, 2.45) is 0 Å². The molecule has 0 atom stereocenters. The summed E-state index contributed by atoms with van der Waals surface area (Å²) in [6.07, 6.45) is 5.36. The molecule has 0 amide bonds. The van der Waals surface area contributed by atoms with E-state index in [0.29, 0.717) is 19.1 Å². The Hall–Kier alpha value is -1.41. The summed E-state index contributed by atoms with van der Waals surface area (Å²) in [5, 5.41) is 4.16. The number of terminal acetylenes is 1. The van der Waals surface area contributed by atoms with Crippen LogP contribution in [0.5, 0.6) is 0 Å². The number of hydrogen-bond acceptors (Lipinski definition) is 3. The highest BCUT2D eigenvalue weighted by atomic mass is 32.1. The van der Waals surface area contributed by atoms with E-state index in [-0.39, 0.29) is 5.82 Å². The maximum atomic E-state index is 14.2. The van der Waals surface area contributed by atoms with Gasteiger partial charge in [-0.2, -0.15) is 0 Å². The van der Waals surface area contributed by atoms with E-state index in [1.165, 1.54) is 10.9 Å². The summed E-state index contributed by atoms with van der Waals surface area (Å²) in [5.74, 6) is 2.48. The molecule has 1 heterocycles. The summed E-state index contributed by atoms with van der Waals surface area (Å²) in [4.78, 5) is 3.22. The van der Waals surface area contributed by atoms with Crippen molar-refractivity contribution in [3.63, 3.8) is 0 Å².